The molecule has 0 radical (unpaired) electrons. The van der Waals surface area contributed by atoms with Gasteiger partial charge < -0.3 is 18.9 Å². The first-order chi connectivity index (χ1) is 12.3. The van der Waals surface area contributed by atoms with E-state index in [-0.39, 0.29) is 17.5 Å². The van der Waals surface area contributed by atoms with Crippen LogP contribution in [0.5, 0.6) is 0 Å². The Morgan fingerprint density at radius 3 is 1.62 bits per heavy atom. The molecule has 0 saturated carbocycles. The van der Waals surface area contributed by atoms with Crippen molar-refractivity contribution in [2.75, 3.05) is 35.0 Å². The molecule has 0 amide bonds. The number of hydroxylamine groups is 2. The molecule has 0 aliphatic heterocycles. The third-order valence-electron chi connectivity index (χ3n) is 4.84. The highest BCUT2D eigenvalue weighted by atomic mass is 31.0. The van der Waals surface area contributed by atoms with Crippen LogP contribution in [0, 0.1) is 0 Å². The summed E-state index contributed by atoms with van der Waals surface area (Å²) in [6.45, 7) is 8.97. The zero-order valence-electron chi connectivity index (χ0n) is 17.9. The molecule has 0 aromatic carbocycles. The van der Waals surface area contributed by atoms with E-state index in [9.17, 15) is 0 Å². The number of methoxy groups -OCH3 is 4. The van der Waals surface area contributed by atoms with Gasteiger partial charge in [-0.05, 0) is 26.7 Å². The molecule has 0 bridgehead atoms. The third-order valence-corrected chi connectivity index (χ3v) is 6.70. The number of hydrogen-bond donors (Lipinski definition) is 0. The summed E-state index contributed by atoms with van der Waals surface area (Å²) in [4.78, 5) is 6.17. The van der Waals surface area contributed by atoms with Gasteiger partial charge in [0.1, 0.15) is 5.28 Å². The standard InChI is InChI=1S/C18H41NO5P2/c1-9-12-17(25,15(20-5)21-6)14(4)19(24-11-3)18(26,13-10-2)16(22-7)23-8/h14-16H,9-13,25-26H2,1-8H3. The Labute approximate surface area is 165 Å². The lowest BCUT2D eigenvalue weighted by atomic mass is 9.91. The Morgan fingerprint density at radius 1 is 0.808 bits per heavy atom. The molecular formula is C18H41NO5P2. The van der Waals surface area contributed by atoms with Crippen LogP contribution >= 0.6 is 18.5 Å². The SMILES string of the molecule is CCCC(P)(C(OC)OC)C(C)N(OCC)C(P)(CCC)C(OC)OC. The van der Waals surface area contributed by atoms with Gasteiger partial charge >= 0.3 is 0 Å². The summed E-state index contributed by atoms with van der Waals surface area (Å²) in [5.74, 6) is 0. The number of hydrogen-bond acceptors (Lipinski definition) is 6. The van der Waals surface area contributed by atoms with E-state index in [1.54, 1.807) is 28.4 Å². The van der Waals surface area contributed by atoms with Gasteiger partial charge in [-0.15, -0.1) is 18.5 Å². The minimum atomic E-state index is -0.546. The molecule has 158 valence electrons. The number of rotatable bonds is 15. The van der Waals surface area contributed by atoms with Crippen LogP contribution in [-0.2, 0) is 23.8 Å². The van der Waals surface area contributed by atoms with Crippen molar-refractivity contribution in [1.29, 1.82) is 0 Å². The van der Waals surface area contributed by atoms with E-state index in [2.05, 4.69) is 39.3 Å². The van der Waals surface area contributed by atoms with Crippen LogP contribution in [0.2, 0.25) is 0 Å². The van der Waals surface area contributed by atoms with Gasteiger partial charge in [0.25, 0.3) is 0 Å². The maximum atomic E-state index is 6.17. The average Bonchev–Trinajstić information content (AvgIpc) is 2.61. The van der Waals surface area contributed by atoms with Crippen molar-refractivity contribution in [3.05, 3.63) is 0 Å². The first-order valence-corrected chi connectivity index (χ1v) is 10.5. The number of ether oxygens (including phenoxy) is 4. The van der Waals surface area contributed by atoms with Crippen molar-refractivity contribution < 1.29 is 23.8 Å². The molecule has 26 heavy (non-hydrogen) atoms. The first kappa shape index (κ1) is 26.6. The van der Waals surface area contributed by atoms with Crippen molar-refractivity contribution >= 4 is 18.5 Å². The van der Waals surface area contributed by atoms with E-state index >= 15 is 0 Å². The molecule has 0 heterocycles. The largest absolute Gasteiger partial charge is 0.355 e. The van der Waals surface area contributed by atoms with Crippen LogP contribution in [0.25, 0.3) is 0 Å². The topological polar surface area (TPSA) is 49.4 Å². The van der Waals surface area contributed by atoms with Crippen molar-refractivity contribution in [3.63, 3.8) is 0 Å². The van der Waals surface area contributed by atoms with E-state index in [0.29, 0.717) is 6.61 Å². The highest BCUT2D eigenvalue weighted by Gasteiger charge is 2.51. The van der Waals surface area contributed by atoms with E-state index in [1.807, 2.05) is 12.0 Å². The molecule has 0 rings (SSSR count). The second kappa shape index (κ2) is 13.0. The third kappa shape index (κ3) is 6.06. The zero-order valence-corrected chi connectivity index (χ0v) is 20.2. The van der Waals surface area contributed by atoms with Crippen molar-refractivity contribution in [1.82, 2.24) is 5.06 Å². The lowest BCUT2D eigenvalue weighted by Gasteiger charge is -2.52. The van der Waals surface area contributed by atoms with Crippen molar-refractivity contribution in [2.45, 2.75) is 82.4 Å². The molecular weight excluding hydrogens is 372 g/mol. The lowest BCUT2D eigenvalue weighted by Crippen LogP contribution is -2.63. The van der Waals surface area contributed by atoms with Gasteiger partial charge in [0.2, 0.25) is 0 Å². The fourth-order valence-electron chi connectivity index (χ4n) is 3.68. The molecule has 5 unspecified atom stereocenters. The highest BCUT2D eigenvalue weighted by Crippen LogP contribution is 2.44. The maximum absolute atomic E-state index is 6.17. The Hall–Kier alpha value is 0.620. The molecule has 0 aromatic heterocycles. The highest BCUT2D eigenvalue weighted by molar-refractivity contribution is 7.19. The minimum Gasteiger partial charge on any atom is -0.355 e. The molecule has 0 aromatic rings. The summed E-state index contributed by atoms with van der Waals surface area (Å²) in [6.07, 6.45) is 2.83. The van der Waals surface area contributed by atoms with Gasteiger partial charge in [0.05, 0.1) is 11.8 Å². The summed E-state index contributed by atoms with van der Waals surface area (Å²) in [7, 11) is 12.5. The fraction of sp³-hybridized carbons (Fsp3) is 1.00. The minimum absolute atomic E-state index is 0.0471. The lowest BCUT2D eigenvalue weighted by molar-refractivity contribution is -0.290. The van der Waals surface area contributed by atoms with Gasteiger partial charge in [-0.2, -0.15) is 5.06 Å². The van der Waals surface area contributed by atoms with Crippen LogP contribution < -0.4 is 0 Å². The Balaban J connectivity index is 6.11. The van der Waals surface area contributed by atoms with Crippen LogP contribution in [-0.4, -0.2) is 69.2 Å². The van der Waals surface area contributed by atoms with Gasteiger partial charge in [0, 0.05) is 34.5 Å². The Kier molecular flexibility index (Phi) is 13.3. The van der Waals surface area contributed by atoms with Crippen LogP contribution in [0.15, 0.2) is 0 Å². The molecule has 6 nitrogen and oxygen atoms in total. The van der Waals surface area contributed by atoms with Crippen LogP contribution in [0.1, 0.15) is 53.4 Å². The molecule has 5 atom stereocenters. The summed E-state index contributed by atoms with van der Waals surface area (Å²) >= 11 is 0. The van der Waals surface area contributed by atoms with E-state index < -0.39 is 11.6 Å². The molecule has 0 saturated heterocycles. The normalized spacial score (nSPS) is 18.3. The van der Waals surface area contributed by atoms with E-state index in [0.717, 1.165) is 25.7 Å². The zero-order chi connectivity index (χ0) is 20.4. The Morgan fingerprint density at radius 2 is 1.27 bits per heavy atom. The molecule has 0 N–H and O–H groups in total. The monoisotopic (exact) mass is 413 g/mol. The van der Waals surface area contributed by atoms with E-state index in [4.69, 9.17) is 23.8 Å². The fourth-order valence-corrected chi connectivity index (χ4v) is 5.23. The van der Waals surface area contributed by atoms with Crippen molar-refractivity contribution in [2.24, 2.45) is 0 Å². The number of nitrogens with zero attached hydrogens (tertiary/aromatic N) is 1. The van der Waals surface area contributed by atoms with Gasteiger partial charge in [-0.25, -0.2) is 0 Å². The molecule has 0 aliphatic rings. The molecule has 0 spiro atoms. The second-order valence-electron chi connectivity index (χ2n) is 6.63. The van der Waals surface area contributed by atoms with Crippen LogP contribution in [0.3, 0.4) is 0 Å². The summed E-state index contributed by atoms with van der Waals surface area (Å²) in [6, 6.07) is -0.0471. The average molecular weight is 413 g/mol. The smallest absolute Gasteiger partial charge is 0.180 e. The van der Waals surface area contributed by atoms with Gasteiger partial charge in [-0.1, -0.05) is 26.7 Å². The van der Waals surface area contributed by atoms with Gasteiger partial charge in [-0.3, -0.25) is 4.84 Å². The summed E-state index contributed by atoms with van der Waals surface area (Å²) in [5.41, 5.74) is 0. The molecule has 8 heteroatoms. The predicted molar refractivity (Wildman–Crippen MR) is 113 cm³/mol. The first-order valence-electron chi connectivity index (χ1n) is 9.38. The Bertz CT molecular complexity index is 371. The van der Waals surface area contributed by atoms with Crippen molar-refractivity contribution in [3.8, 4) is 0 Å². The molecule has 0 aliphatic carbocycles. The second-order valence-corrected chi connectivity index (χ2v) is 8.70. The van der Waals surface area contributed by atoms with Crippen LogP contribution in [0.4, 0.5) is 0 Å². The molecule has 0 fully saturated rings. The van der Waals surface area contributed by atoms with E-state index in [1.165, 1.54) is 0 Å². The quantitative estimate of drug-likeness (QED) is 0.232. The summed E-state index contributed by atoms with van der Waals surface area (Å²) in [5, 5.41) is 1.09. The van der Waals surface area contributed by atoms with Gasteiger partial charge in [0.15, 0.2) is 12.6 Å². The predicted octanol–water partition coefficient (Wildman–Crippen LogP) is 3.65. The maximum Gasteiger partial charge on any atom is 0.180 e. The summed E-state index contributed by atoms with van der Waals surface area (Å²) < 4.78 is 22.6.